The molecule has 1 rings (SSSR count). The average molecular weight is 232 g/mol. The molecule has 1 aliphatic heterocycles. The van der Waals surface area contributed by atoms with Gasteiger partial charge < -0.3 is 10.4 Å². The van der Waals surface area contributed by atoms with Gasteiger partial charge in [-0.1, -0.05) is 6.92 Å². The van der Waals surface area contributed by atoms with Crippen molar-refractivity contribution in [3.8, 4) is 0 Å². The zero-order valence-electron chi connectivity index (χ0n) is 8.82. The zero-order chi connectivity index (χ0) is 11.4. The van der Waals surface area contributed by atoms with Gasteiger partial charge in [-0.2, -0.15) is 0 Å². The molecule has 0 aromatic rings. The molecule has 1 amide bonds. The third-order valence-electron chi connectivity index (χ3n) is 2.17. The predicted octanol–water partition coefficient (Wildman–Crippen LogP) is 0.364. The van der Waals surface area contributed by atoms with Crippen molar-refractivity contribution >= 4 is 23.6 Å². The standard InChI is InChI=1S/C9H16N2O3S/c1-3-6(8(13)14)15-9-10-5(2)4-7(12)11-9/h5-6,9-10H,3-4H2,1-2H3,(H,11,12)(H,13,14). The third-order valence-corrected chi connectivity index (χ3v) is 3.56. The average Bonchev–Trinajstić information content (AvgIpc) is 2.12. The van der Waals surface area contributed by atoms with Crippen LogP contribution in [0.25, 0.3) is 0 Å². The molecule has 0 aromatic carbocycles. The first-order chi connectivity index (χ1) is 7.02. The van der Waals surface area contributed by atoms with Crippen LogP contribution in [0.1, 0.15) is 26.7 Å². The number of carboxylic acids is 1. The maximum atomic E-state index is 11.2. The van der Waals surface area contributed by atoms with Crippen molar-refractivity contribution in [3.05, 3.63) is 0 Å². The molecule has 6 heteroatoms. The molecule has 3 N–H and O–H groups in total. The number of carboxylic acid groups (broad SMARTS) is 1. The Morgan fingerprint density at radius 2 is 2.40 bits per heavy atom. The first-order valence-electron chi connectivity index (χ1n) is 4.96. The second-order valence-electron chi connectivity index (χ2n) is 3.59. The van der Waals surface area contributed by atoms with Crippen molar-refractivity contribution in [2.75, 3.05) is 0 Å². The number of aliphatic carboxylic acids is 1. The van der Waals surface area contributed by atoms with Gasteiger partial charge in [0.1, 0.15) is 10.7 Å². The van der Waals surface area contributed by atoms with Gasteiger partial charge in [-0.05, 0) is 13.3 Å². The molecule has 3 atom stereocenters. The fourth-order valence-corrected chi connectivity index (χ4v) is 2.56. The van der Waals surface area contributed by atoms with E-state index in [1.165, 1.54) is 11.8 Å². The molecule has 3 unspecified atom stereocenters. The Balaban J connectivity index is 2.49. The van der Waals surface area contributed by atoms with Crippen molar-refractivity contribution < 1.29 is 14.7 Å². The van der Waals surface area contributed by atoms with Crippen molar-refractivity contribution in [2.45, 2.75) is 43.5 Å². The highest BCUT2D eigenvalue weighted by atomic mass is 32.2. The van der Waals surface area contributed by atoms with Crippen LogP contribution in [0.5, 0.6) is 0 Å². The van der Waals surface area contributed by atoms with Gasteiger partial charge in [0.25, 0.3) is 0 Å². The first kappa shape index (κ1) is 12.3. The van der Waals surface area contributed by atoms with Gasteiger partial charge in [0.2, 0.25) is 5.91 Å². The number of rotatable bonds is 4. The van der Waals surface area contributed by atoms with Gasteiger partial charge in [-0.25, -0.2) is 0 Å². The van der Waals surface area contributed by atoms with E-state index in [0.29, 0.717) is 12.8 Å². The van der Waals surface area contributed by atoms with Gasteiger partial charge in [0.15, 0.2) is 0 Å². The summed E-state index contributed by atoms with van der Waals surface area (Å²) in [6, 6.07) is 0.0996. The molecule has 0 bridgehead atoms. The Bertz CT molecular complexity index is 260. The predicted molar refractivity (Wildman–Crippen MR) is 58.5 cm³/mol. The lowest BCUT2D eigenvalue weighted by molar-refractivity contribution is -0.136. The highest BCUT2D eigenvalue weighted by molar-refractivity contribution is 8.01. The molecule has 0 spiro atoms. The van der Waals surface area contributed by atoms with Crippen LogP contribution in [0.15, 0.2) is 0 Å². The zero-order valence-corrected chi connectivity index (χ0v) is 9.63. The summed E-state index contributed by atoms with van der Waals surface area (Å²) < 4.78 is 0. The molecular formula is C9H16N2O3S. The SMILES string of the molecule is CCC(SC1NC(=O)CC(C)N1)C(=O)O. The lowest BCUT2D eigenvalue weighted by atomic mass is 10.2. The Kier molecular flexibility index (Phi) is 4.41. The smallest absolute Gasteiger partial charge is 0.316 e. The molecule has 1 saturated heterocycles. The van der Waals surface area contributed by atoms with E-state index in [9.17, 15) is 9.59 Å². The summed E-state index contributed by atoms with van der Waals surface area (Å²) >= 11 is 1.24. The summed E-state index contributed by atoms with van der Waals surface area (Å²) in [5, 5.41) is 14.2. The minimum atomic E-state index is -0.836. The van der Waals surface area contributed by atoms with E-state index in [1.54, 1.807) is 0 Å². The van der Waals surface area contributed by atoms with Crippen LogP contribution in [0, 0.1) is 0 Å². The van der Waals surface area contributed by atoms with Crippen LogP contribution in [0.3, 0.4) is 0 Å². The summed E-state index contributed by atoms with van der Waals surface area (Å²) in [4.78, 5) is 22.0. The van der Waals surface area contributed by atoms with E-state index < -0.39 is 11.2 Å². The largest absolute Gasteiger partial charge is 0.480 e. The minimum absolute atomic E-state index is 0.0287. The summed E-state index contributed by atoms with van der Waals surface area (Å²) in [6.45, 7) is 3.73. The quantitative estimate of drug-likeness (QED) is 0.652. The summed E-state index contributed by atoms with van der Waals surface area (Å²) in [7, 11) is 0. The fraction of sp³-hybridized carbons (Fsp3) is 0.778. The lowest BCUT2D eigenvalue weighted by Crippen LogP contribution is -2.54. The van der Waals surface area contributed by atoms with Crippen LogP contribution in [0.4, 0.5) is 0 Å². The molecule has 0 aromatic heterocycles. The molecule has 0 radical (unpaired) electrons. The van der Waals surface area contributed by atoms with Gasteiger partial charge in [0, 0.05) is 12.5 Å². The highest BCUT2D eigenvalue weighted by Crippen LogP contribution is 2.20. The van der Waals surface area contributed by atoms with Crippen LogP contribution in [-0.4, -0.2) is 33.8 Å². The number of hydrogen-bond donors (Lipinski definition) is 3. The molecule has 1 fully saturated rings. The van der Waals surface area contributed by atoms with Gasteiger partial charge >= 0.3 is 5.97 Å². The second kappa shape index (κ2) is 5.37. The number of hydrogen-bond acceptors (Lipinski definition) is 4. The van der Waals surface area contributed by atoms with Crippen LogP contribution < -0.4 is 10.6 Å². The molecule has 0 aliphatic carbocycles. The molecular weight excluding hydrogens is 216 g/mol. The minimum Gasteiger partial charge on any atom is -0.480 e. The van der Waals surface area contributed by atoms with E-state index in [4.69, 9.17) is 5.11 Å². The molecule has 1 aliphatic rings. The monoisotopic (exact) mass is 232 g/mol. The third kappa shape index (κ3) is 3.71. The van der Waals surface area contributed by atoms with E-state index in [0.717, 1.165) is 0 Å². The lowest BCUT2D eigenvalue weighted by Gasteiger charge is -2.30. The number of carbonyl (C=O) groups is 2. The summed E-state index contributed by atoms with van der Waals surface area (Å²) in [5.41, 5.74) is -0.290. The fourth-order valence-electron chi connectivity index (χ4n) is 1.41. The van der Waals surface area contributed by atoms with Crippen molar-refractivity contribution in [1.82, 2.24) is 10.6 Å². The molecule has 86 valence electrons. The number of carbonyl (C=O) groups excluding carboxylic acids is 1. The maximum Gasteiger partial charge on any atom is 0.316 e. The van der Waals surface area contributed by atoms with Crippen LogP contribution in [-0.2, 0) is 9.59 Å². The molecule has 15 heavy (non-hydrogen) atoms. The highest BCUT2D eigenvalue weighted by Gasteiger charge is 2.27. The summed E-state index contributed by atoms with van der Waals surface area (Å²) in [5.74, 6) is -0.865. The first-order valence-corrected chi connectivity index (χ1v) is 5.91. The van der Waals surface area contributed by atoms with Crippen molar-refractivity contribution in [1.29, 1.82) is 0 Å². The summed E-state index contributed by atoms with van der Waals surface area (Å²) in [6.07, 6.45) is 0.989. The van der Waals surface area contributed by atoms with E-state index in [1.807, 2.05) is 13.8 Å². The Morgan fingerprint density at radius 1 is 1.73 bits per heavy atom. The van der Waals surface area contributed by atoms with E-state index in [2.05, 4.69) is 10.6 Å². The van der Waals surface area contributed by atoms with Crippen molar-refractivity contribution in [2.24, 2.45) is 0 Å². The van der Waals surface area contributed by atoms with Crippen LogP contribution >= 0.6 is 11.8 Å². The van der Waals surface area contributed by atoms with E-state index in [-0.39, 0.29) is 17.4 Å². The number of amides is 1. The topological polar surface area (TPSA) is 78.4 Å². The Morgan fingerprint density at radius 3 is 2.87 bits per heavy atom. The Hall–Kier alpha value is -0.750. The maximum absolute atomic E-state index is 11.2. The van der Waals surface area contributed by atoms with Gasteiger partial charge in [0.05, 0.1) is 0 Å². The molecule has 0 saturated carbocycles. The second-order valence-corrected chi connectivity index (χ2v) is 4.90. The molecule has 1 heterocycles. The van der Waals surface area contributed by atoms with Crippen molar-refractivity contribution in [3.63, 3.8) is 0 Å². The van der Waals surface area contributed by atoms with Gasteiger partial charge in [-0.3, -0.25) is 14.9 Å². The van der Waals surface area contributed by atoms with Crippen LogP contribution in [0.2, 0.25) is 0 Å². The Labute approximate surface area is 93.0 Å². The normalized spacial score (nSPS) is 28.3. The number of thioether (sulfide) groups is 1. The van der Waals surface area contributed by atoms with E-state index >= 15 is 0 Å². The van der Waals surface area contributed by atoms with Gasteiger partial charge in [-0.15, -0.1) is 11.8 Å². The molecule has 5 nitrogen and oxygen atoms in total. The number of nitrogens with one attached hydrogen (secondary N) is 2.